The third-order valence-corrected chi connectivity index (χ3v) is 5.96. The van der Waals surface area contributed by atoms with Crippen LogP contribution in [0.25, 0.3) is 0 Å². The van der Waals surface area contributed by atoms with Crippen LogP contribution in [0.4, 0.5) is 15.8 Å². The molecular weight excluding hydrogens is 369 g/mol. The number of anilines is 2. The highest BCUT2D eigenvalue weighted by molar-refractivity contribution is 6.14. The number of amides is 2. The monoisotopic (exact) mass is 395 g/mol. The Hall–Kier alpha value is -2.89. The van der Waals surface area contributed by atoms with Gasteiger partial charge in [0, 0.05) is 38.4 Å². The van der Waals surface area contributed by atoms with E-state index >= 15 is 0 Å². The van der Waals surface area contributed by atoms with Crippen molar-refractivity contribution < 1.29 is 14.0 Å². The maximum absolute atomic E-state index is 14.1. The summed E-state index contributed by atoms with van der Waals surface area (Å²) in [6.07, 6.45) is 1.20. The van der Waals surface area contributed by atoms with Gasteiger partial charge in [0.15, 0.2) is 0 Å². The molecule has 0 spiro atoms. The van der Waals surface area contributed by atoms with Gasteiger partial charge in [0.05, 0.1) is 5.69 Å². The number of hydrogen-bond acceptors (Lipinski definition) is 3. The fourth-order valence-electron chi connectivity index (χ4n) is 4.12. The molecule has 4 rings (SSSR count). The van der Waals surface area contributed by atoms with Crippen molar-refractivity contribution in [3.8, 4) is 0 Å². The van der Waals surface area contributed by atoms with Gasteiger partial charge in [-0.05, 0) is 44.0 Å². The molecule has 1 saturated carbocycles. The number of para-hydroxylation sites is 2. The van der Waals surface area contributed by atoms with Gasteiger partial charge in [-0.15, -0.1) is 0 Å². The Kier molecular flexibility index (Phi) is 5.26. The van der Waals surface area contributed by atoms with Gasteiger partial charge in [-0.2, -0.15) is 0 Å². The zero-order valence-electron chi connectivity index (χ0n) is 16.7. The molecule has 2 fully saturated rings. The molecule has 0 radical (unpaired) electrons. The summed E-state index contributed by atoms with van der Waals surface area (Å²) in [5.41, 5.74) is 0.466. The van der Waals surface area contributed by atoms with Gasteiger partial charge in [-0.1, -0.05) is 30.3 Å². The number of benzene rings is 2. The van der Waals surface area contributed by atoms with Crippen LogP contribution in [-0.2, 0) is 9.59 Å². The van der Waals surface area contributed by atoms with E-state index in [-0.39, 0.29) is 17.6 Å². The standard InChI is InChI=1S/C23H26FN3O2/c1-2-27(18-8-4-3-5-9-18)22(29)23(12-13-23)21(28)26-16-14-25(15-17-26)20-11-7-6-10-19(20)24/h3-11H,2,12-17H2,1H3. The Labute approximate surface area is 170 Å². The normalized spacial score (nSPS) is 17.7. The van der Waals surface area contributed by atoms with Crippen LogP contribution in [0.2, 0.25) is 0 Å². The van der Waals surface area contributed by atoms with E-state index in [2.05, 4.69) is 0 Å². The fraction of sp³-hybridized carbons (Fsp3) is 0.391. The molecule has 6 heteroatoms. The Morgan fingerprint density at radius 3 is 2.17 bits per heavy atom. The first kappa shape index (κ1) is 19.4. The van der Waals surface area contributed by atoms with Crippen LogP contribution in [0, 0.1) is 11.2 Å². The molecule has 0 bridgehead atoms. The zero-order valence-corrected chi connectivity index (χ0v) is 16.7. The maximum atomic E-state index is 14.1. The van der Waals surface area contributed by atoms with Gasteiger partial charge < -0.3 is 14.7 Å². The highest BCUT2D eigenvalue weighted by atomic mass is 19.1. The SMILES string of the molecule is CCN(C(=O)C1(C(=O)N2CCN(c3ccccc3F)CC2)CC1)c1ccccc1. The molecule has 0 N–H and O–H groups in total. The zero-order chi connectivity index (χ0) is 20.4. The molecule has 0 aromatic heterocycles. The molecule has 2 aromatic carbocycles. The Balaban J connectivity index is 1.44. The number of piperazine rings is 1. The molecule has 152 valence electrons. The molecule has 1 aliphatic carbocycles. The van der Waals surface area contributed by atoms with E-state index in [1.165, 1.54) is 6.07 Å². The predicted octanol–water partition coefficient (Wildman–Crippen LogP) is 3.31. The third-order valence-electron chi connectivity index (χ3n) is 5.96. The minimum atomic E-state index is -0.925. The lowest BCUT2D eigenvalue weighted by Gasteiger charge is -2.38. The van der Waals surface area contributed by atoms with Crippen molar-refractivity contribution in [2.24, 2.45) is 5.41 Å². The molecule has 1 aliphatic heterocycles. The maximum Gasteiger partial charge on any atom is 0.242 e. The van der Waals surface area contributed by atoms with Crippen molar-refractivity contribution in [3.05, 3.63) is 60.4 Å². The molecule has 0 atom stereocenters. The summed E-state index contributed by atoms with van der Waals surface area (Å²) in [4.78, 5) is 32.0. The van der Waals surface area contributed by atoms with Crippen LogP contribution in [0.15, 0.2) is 54.6 Å². The number of rotatable bonds is 5. The van der Waals surface area contributed by atoms with E-state index in [9.17, 15) is 14.0 Å². The molecule has 0 unspecified atom stereocenters. The summed E-state index contributed by atoms with van der Waals surface area (Å²) in [5.74, 6) is -0.430. The molecule has 2 aromatic rings. The lowest BCUT2D eigenvalue weighted by molar-refractivity contribution is -0.143. The van der Waals surface area contributed by atoms with E-state index in [4.69, 9.17) is 0 Å². The van der Waals surface area contributed by atoms with Crippen molar-refractivity contribution in [1.29, 1.82) is 0 Å². The van der Waals surface area contributed by atoms with E-state index in [0.717, 1.165) is 5.69 Å². The Morgan fingerprint density at radius 2 is 1.59 bits per heavy atom. The number of nitrogens with zero attached hydrogens (tertiary/aromatic N) is 3. The minimum absolute atomic E-state index is 0.0786. The van der Waals surface area contributed by atoms with Crippen molar-refractivity contribution in [1.82, 2.24) is 4.90 Å². The van der Waals surface area contributed by atoms with E-state index in [1.54, 1.807) is 21.9 Å². The summed E-state index contributed by atoms with van der Waals surface area (Å²) in [6, 6.07) is 16.2. The lowest BCUT2D eigenvalue weighted by atomic mass is 10.0. The lowest BCUT2D eigenvalue weighted by Crippen LogP contribution is -2.54. The third kappa shape index (κ3) is 3.59. The fourth-order valence-corrected chi connectivity index (χ4v) is 4.12. The topological polar surface area (TPSA) is 43.9 Å². The summed E-state index contributed by atoms with van der Waals surface area (Å²) < 4.78 is 14.1. The first-order valence-corrected chi connectivity index (χ1v) is 10.2. The summed E-state index contributed by atoms with van der Waals surface area (Å²) in [6.45, 7) is 4.58. The van der Waals surface area contributed by atoms with Crippen molar-refractivity contribution in [2.75, 3.05) is 42.5 Å². The predicted molar refractivity (Wildman–Crippen MR) is 111 cm³/mol. The van der Waals surface area contributed by atoms with Crippen LogP contribution in [0.5, 0.6) is 0 Å². The highest BCUT2D eigenvalue weighted by Crippen LogP contribution is 2.49. The van der Waals surface area contributed by atoms with Crippen molar-refractivity contribution in [2.45, 2.75) is 19.8 Å². The Bertz CT molecular complexity index is 890. The van der Waals surface area contributed by atoms with E-state index in [1.807, 2.05) is 48.2 Å². The second-order valence-corrected chi connectivity index (χ2v) is 7.70. The smallest absolute Gasteiger partial charge is 0.242 e. The van der Waals surface area contributed by atoms with Gasteiger partial charge in [0.1, 0.15) is 11.2 Å². The van der Waals surface area contributed by atoms with Crippen LogP contribution in [0.1, 0.15) is 19.8 Å². The first-order chi connectivity index (χ1) is 14.1. The summed E-state index contributed by atoms with van der Waals surface area (Å²) in [7, 11) is 0. The molecule has 29 heavy (non-hydrogen) atoms. The second kappa shape index (κ2) is 7.85. The van der Waals surface area contributed by atoms with Crippen LogP contribution >= 0.6 is 0 Å². The van der Waals surface area contributed by atoms with Crippen LogP contribution in [-0.4, -0.2) is 49.4 Å². The average molecular weight is 395 g/mol. The number of carbonyl (C=O) groups is 2. The quantitative estimate of drug-likeness (QED) is 0.730. The van der Waals surface area contributed by atoms with Gasteiger partial charge in [-0.25, -0.2) is 4.39 Å². The molecule has 2 aliphatic rings. The molecule has 1 heterocycles. The summed E-state index contributed by atoms with van der Waals surface area (Å²) >= 11 is 0. The molecule has 2 amide bonds. The molecule has 5 nitrogen and oxygen atoms in total. The molecule has 1 saturated heterocycles. The van der Waals surface area contributed by atoms with Gasteiger partial charge in [0.25, 0.3) is 0 Å². The van der Waals surface area contributed by atoms with Crippen LogP contribution < -0.4 is 9.80 Å². The highest BCUT2D eigenvalue weighted by Gasteiger charge is 2.59. The van der Waals surface area contributed by atoms with Gasteiger partial charge in [0.2, 0.25) is 11.8 Å². The van der Waals surface area contributed by atoms with Crippen LogP contribution in [0.3, 0.4) is 0 Å². The van der Waals surface area contributed by atoms with Gasteiger partial charge >= 0.3 is 0 Å². The van der Waals surface area contributed by atoms with Crippen molar-refractivity contribution >= 4 is 23.2 Å². The summed E-state index contributed by atoms with van der Waals surface area (Å²) in [5, 5.41) is 0. The van der Waals surface area contributed by atoms with E-state index < -0.39 is 5.41 Å². The van der Waals surface area contributed by atoms with Crippen molar-refractivity contribution in [3.63, 3.8) is 0 Å². The number of carbonyl (C=O) groups excluding carboxylic acids is 2. The first-order valence-electron chi connectivity index (χ1n) is 10.2. The second-order valence-electron chi connectivity index (χ2n) is 7.70. The Morgan fingerprint density at radius 1 is 0.966 bits per heavy atom. The van der Waals surface area contributed by atoms with E-state index in [0.29, 0.717) is 51.3 Å². The molecular formula is C23H26FN3O2. The minimum Gasteiger partial charge on any atom is -0.366 e. The average Bonchev–Trinajstić information content (AvgIpc) is 3.57. The number of halogens is 1. The number of hydrogen-bond donors (Lipinski definition) is 0. The largest absolute Gasteiger partial charge is 0.366 e. The van der Waals surface area contributed by atoms with Gasteiger partial charge in [-0.3, -0.25) is 9.59 Å².